The van der Waals surface area contributed by atoms with Gasteiger partial charge in [0, 0.05) is 31.9 Å². The maximum absolute atomic E-state index is 12.8. The molecule has 2 unspecified atom stereocenters. The molecule has 1 amide bonds. The number of carbonyl (C=O) groups is 1. The molecule has 2 fully saturated rings. The summed E-state index contributed by atoms with van der Waals surface area (Å²) < 4.78 is 23.3. The highest BCUT2D eigenvalue weighted by atomic mass is 32.2. The van der Waals surface area contributed by atoms with E-state index in [1.165, 1.54) is 6.42 Å². The van der Waals surface area contributed by atoms with Crippen LogP contribution in [0.25, 0.3) is 0 Å². The van der Waals surface area contributed by atoms with Crippen LogP contribution in [-0.4, -0.2) is 61.4 Å². The summed E-state index contributed by atoms with van der Waals surface area (Å²) in [7, 11) is -1.06. The molecule has 6 nitrogen and oxygen atoms in total. The van der Waals surface area contributed by atoms with Crippen LogP contribution in [0.2, 0.25) is 0 Å². The third-order valence-corrected chi connectivity index (χ3v) is 7.22. The Kier molecular flexibility index (Phi) is 5.32. The van der Waals surface area contributed by atoms with Crippen molar-refractivity contribution in [3.63, 3.8) is 0 Å². The minimum Gasteiger partial charge on any atom is -0.356 e. The molecular formula is C18H27N3O3S. The fourth-order valence-electron chi connectivity index (χ4n) is 3.85. The summed E-state index contributed by atoms with van der Waals surface area (Å²) in [6.45, 7) is 2.95. The van der Waals surface area contributed by atoms with Crippen LogP contribution in [0.15, 0.2) is 18.3 Å². The molecule has 1 aromatic heterocycles. The third-order valence-electron chi connectivity index (χ3n) is 5.47. The van der Waals surface area contributed by atoms with E-state index in [0.29, 0.717) is 23.8 Å². The average Bonchev–Trinajstić information content (AvgIpc) is 3.00. The van der Waals surface area contributed by atoms with Crippen molar-refractivity contribution in [1.82, 2.24) is 9.88 Å². The highest BCUT2D eigenvalue weighted by Crippen LogP contribution is 2.24. The lowest BCUT2D eigenvalue weighted by Crippen LogP contribution is -2.43. The minimum absolute atomic E-state index is 0.0365. The van der Waals surface area contributed by atoms with E-state index >= 15 is 0 Å². The number of pyridine rings is 1. The first kappa shape index (κ1) is 18.2. The maximum Gasteiger partial charge on any atom is 0.255 e. The van der Waals surface area contributed by atoms with Crippen molar-refractivity contribution in [2.45, 2.75) is 51.1 Å². The Morgan fingerprint density at radius 1 is 1.32 bits per heavy atom. The van der Waals surface area contributed by atoms with Gasteiger partial charge >= 0.3 is 0 Å². The van der Waals surface area contributed by atoms with Gasteiger partial charge in [0.05, 0.1) is 17.1 Å². The molecule has 0 aliphatic carbocycles. The van der Waals surface area contributed by atoms with Crippen LogP contribution >= 0.6 is 0 Å². The van der Waals surface area contributed by atoms with Crippen molar-refractivity contribution in [3.8, 4) is 0 Å². The number of aromatic nitrogens is 1. The second-order valence-electron chi connectivity index (χ2n) is 7.13. The predicted octanol–water partition coefficient (Wildman–Crippen LogP) is 2.11. The first-order chi connectivity index (χ1) is 11.9. The van der Waals surface area contributed by atoms with Crippen LogP contribution < -0.4 is 4.90 Å². The van der Waals surface area contributed by atoms with E-state index in [2.05, 4.69) is 11.9 Å². The number of rotatable bonds is 4. The lowest BCUT2D eigenvalue weighted by Gasteiger charge is -2.35. The minimum atomic E-state index is -2.92. The average molecular weight is 365 g/mol. The molecule has 0 N–H and O–H groups in total. The van der Waals surface area contributed by atoms with Crippen LogP contribution in [0.5, 0.6) is 0 Å². The van der Waals surface area contributed by atoms with Gasteiger partial charge in [0.2, 0.25) is 0 Å². The van der Waals surface area contributed by atoms with Gasteiger partial charge in [-0.05, 0) is 44.2 Å². The number of piperidine rings is 1. The lowest BCUT2D eigenvalue weighted by atomic mass is 9.99. The SMILES string of the molecule is CCC1CCCCN1C(=O)c1ccc(N(C)C2CCS(=O)(=O)C2)nc1. The van der Waals surface area contributed by atoms with E-state index in [-0.39, 0.29) is 23.5 Å². The molecule has 0 spiro atoms. The summed E-state index contributed by atoms with van der Waals surface area (Å²) in [5.74, 6) is 1.19. The fourth-order valence-corrected chi connectivity index (χ4v) is 5.62. The molecule has 2 aliphatic heterocycles. The second-order valence-corrected chi connectivity index (χ2v) is 9.36. The van der Waals surface area contributed by atoms with Crippen molar-refractivity contribution >= 4 is 21.6 Å². The van der Waals surface area contributed by atoms with Gasteiger partial charge in [-0.25, -0.2) is 13.4 Å². The van der Waals surface area contributed by atoms with E-state index in [0.717, 1.165) is 25.8 Å². The second kappa shape index (κ2) is 7.32. The van der Waals surface area contributed by atoms with Crippen molar-refractivity contribution in [2.24, 2.45) is 0 Å². The van der Waals surface area contributed by atoms with Gasteiger partial charge in [0.25, 0.3) is 5.91 Å². The molecule has 2 aliphatic rings. The zero-order valence-corrected chi connectivity index (χ0v) is 15.8. The zero-order valence-electron chi connectivity index (χ0n) is 15.0. The van der Waals surface area contributed by atoms with Gasteiger partial charge in [0.15, 0.2) is 9.84 Å². The molecule has 1 aromatic rings. The van der Waals surface area contributed by atoms with E-state index < -0.39 is 9.84 Å². The van der Waals surface area contributed by atoms with Crippen LogP contribution in [0.3, 0.4) is 0 Å². The van der Waals surface area contributed by atoms with Crippen molar-refractivity contribution in [2.75, 3.05) is 30.0 Å². The Bertz CT molecular complexity index is 718. The topological polar surface area (TPSA) is 70.6 Å². The molecule has 3 heterocycles. The molecule has 0 aromatic carbocycles. The number of hydrogen-bond donors (Lipinski definition) is 0. The number of anilines is 1. The number of amides is 1. The molecule has 0 radical (unpaired) electrons. The largest absolute Gasteiger partial charge is 0.356 e. The lowest BCUT2D eigenvalue weighted by molar-refractivity contribution is 0.0607. The Morgan fingerprint density at radius 2 is 2.12 bits per heavy atom. The van der Waals surface area contributed by atoms with Gasteiger partial charge in [0.1, 0.15) is 5.82 Å². The number of carbonyl (C=O) groups excluding carboxylic acids is 1. The molecule has 7 heteroatoms. The number of nitrogens with zero attached hydrogens (tertiary/aromatic N) is 3. The Balaban J connectivity index is 1.70. The van der Waals surface area contributed by atoms with Crippen LogP contribution in [-0.2, 0) is 9.84 Å². The molecule has 0 saturated carbocycles. The molecule has 2 atom stereocenters. The molecule has 0 bridgehead atoms. The van der Waals surface area contributed by atoms with Gasteiger partial charge in [-0.2, -0.15) is 0 Å². The molecule has 2 saturated heterocycles. The normalized spacial score (nSPS) is 25.8. The highest BCUT2D eigenvalue weighted by molar-refractivity contribution is 7.91. The third kappa shape index (κ3) is 3.97. The van der Waals surface area contributed by atoms with Crippen molar-refractivity contribution in [1.29, 1.82) is 0 Å². The molecule has 3 rings (SSSR count). The summed E-state index contributed by atoms with van der Waals surface area (Å²) in [5, 5.41) is 0. The quantitative estimate of drug-likeness (QED) is 0.817. The summed E-state index contributed by atoms with van der Waals surface area (Å²) in [4.78, 5) is 21.1. The predicted molar refractivity (Wildman–Crippen MR) is 98.7 cm³/mol. The Labute approximate surface area is 150 Å². The molecule has 25 heavy (non-hydrogen) atoms. The van der Waals surface area contributed by atoms with E-state index in [4.69, 9.17) is 0 Å². The Morgan fingerprint density at radius 3 is 2.72 bits per heavy atom. The monoisotopic (exact) mass is 365 g/mol. The van der Waals surface area contributed by atoms with Gasteiger partial charge in [-0.3, -0.25) is 4.79 Å². The fraction of sp³-hybridized carbons (Fsp3) is 0.667. The number of hydrogen-bond acceptors (Lipinski definition) is 5. The zero-order chi connectivity index (χ0) is 18.0. The van der Waals surface area contributed by atoms with Crippen molar-refractivity contribution in [3.05, 3.63) is 23.9 Å². The van der Waals surface area contributed by atoms with Crippen molar-refractivity contribution < 1.29 is 13.2 Å². The first-order valence-corrected chi connectivity index (χ1v) is 10.9. The smallest absolute Gasteiger partial charge is 0.255 e. The van der Waals surface area contributed by atoms with E-state index in [1.54, 1.807) is 6.20 Å². The van der Waals surface area contributed by atoms with Gasteiger partial charge in [-0.1, -0.05) is 6.92 Å². The van der Waals surface area contributed by atoms with Gasteiger partial charge < -0.3 is 9.80 Å². The van der Waals surface area contributed by atoms with E-state index in [1.807, 2.05) is 29.0 Å². The number of likely N-dealkylation sites (tertiary alicyclic amines) is 1. The molecular weight excluding hydrogens is 338 g/mol. The number of sulfone groups is 1. The molecule has 138 valence electrons. The maximum atomic E-state index is 12.8. The summed E-state index contributed by atoms with van der Waals surface area (Å²) in [6, 6.07) is 3.92. The summed E-state index contributed by atoms with van der Waals surface area (Å²) >= 11 is 0. The van der Waals surface area contributed by atoms with Crippen LogP contribution in [0, 0.1) is 0 Å². The summed E-state index contributed by atoms with van der Waals surface area (Å²) in [6.07, 6.45) is 6.57. The van der Waals surface area contributed by atoms with Crippen LogP contribution in [0.1, 0.15) is 49.4 Å². The highest BCUT2D eigenvalue weighted by Gasteiger charge is 2.31. The standard InChI is InChI=1S/C18H27N3O3S/c1-3-15-6-4-5-10-21(15)18(22)14-7-8-17(19-12-14)20(2)16-9-11-25(23,24)13-16/h7-8,12,15-16H,3-6,9-11,13H2,1-2H3. The van der Waals surface area contributed by atoms with Crippen LogP contribution in [0.4, 0.5) is 5.82 Å². The van der Waals surface area contributed by atoms with E-state index in [9.17, 15) is 13.2 Å². The van der Waals surface area contributed by atoms with Gasteiger partial charge in [-0.15, -0.1) is 0 Å². The summed E-state index contributed by atoms with van der Waals surface area (Å²) in [5.41, 5.74) is 0.608. The Hall–Kier alpha value is -1.63. The first-order valence-electron chi connectivity index (χ1n) is 9.11.